The van der Waals surface area contributed by atoms with E-state index >= 15 is 0 Å². The van der Waals surface area contributed by atoms with Crippen molar-refractivity contribution < 1.29 is 4.79 Å². The molecule has 2 N–H and O–H groups in total. The highest BCUT2D eigenvalue weighted by Gasteiger charge is 2.16. The monoisotopic (exact) mass is 524 g/mol. The molecule has 2 aromatic carbocycles. The van der Waals surface area contributed by atoms with Gasteiger partial charge in [-0.3, -0.25) is 4.79 Å². The Morgan fingerprint density at radius 1 is 1.13 bits per heavy atom. The molecule has 2 atom stereocenters. The smallest absolute Gasteiger partial charge is 0.147 e. The van der Waals surface area contributed by atoms with E-state index in [2.05, 4.69) is 99.9 Å². The lowest BCUT2D eigenvalue weighted by Gasteiger charge is -2.18. The predicted molar refractivity (Wildman–Crippen MR) is 171 cm³/mol. The van der Waals surface area contributed by atoms with Gasteiger partial charge >= 0.3 is 0 Å². The second kappa shape index (κ2) is 18.6. The number of nitrogens with one attached hydrogen (secondary N) is 2. The third-order valence-electron chi connectivity index (χ3n) is 6.70. The zero-order valence-electron chi connectivity index (χ0n) is 24.9. The van der Waals surface area contributed by atoms with Gasteiger partial charge in [0.2, 0.25) is 0 Å². The van der Waals surface area contributed by atoms with Crippen molar-refractivity contribution in [3.8, 4) is 12.3 Å². The summed E-state index contributed by atoms with van der Waals surface area (Å²) in [6, 6.07) is 16.9. The standard InChI is InChI=1S/C19H23N.C17H25NO/c1-6-8-18(7-2)14-20-17(5)16(4)13-19-11-9-15(3)10-12-19;1-5-11-18-17(14(4)19)12-15(6-2)16-10-8-7-9-13(16)3/h1,7-12,16,20H,2,5,13-14H2,3-4H3;6-10,17-18H,5,11-12H2,1-4H3/b18-8+;15-6-. The van der Waals surface area contributed by atoms with E-state index in [-0.39, 0.29) is 11.8 Å². The van der Waals surface area contributed by atoms with Gasteiger partial charge in [0.15, 0.2) is 0 Å². The summed E-state index contributed by atoms with van der Waals surface area (Å²) in [5.41, 5.74) is 8.37. The Balaban J connectivity index is 0.000000391. The predicted octanol–water partition coefficient (Wildman–Crippen LogP) is 7.77. The molecule has 0 spiro atoms. The Hall–Kier alpha value is -3.61. The van der Waals surface area contributed by atoms with E-state index in [0.29, 0.717) is 12.5 Å². The number of aryl methyl sites for hydroxylation is 2. The van der Waals surface area contributed by atoms with Gasteiger partial charge in [-0.25, -0.2) is 0 Å². The van der Waals surface area contributed by atoms with Crippen LogP contribution in [-0.2, 0) is 11.2 Å². The largest absolute Gasteiger partial charge is 0.384 e. The zero-order chi connectivity index (χ0) is 29.2. The average molecular weight is 525 g/mol. The fourth-order valence-electron chi connectivity index (χ4n) is 4.09. The minimum Gasteiger partial charge on any atom is -0.384 e. The number of benzene rings is 2. The Labute approximate surface area is 238 Å². The van der Waals surface area contributed by atoms with E-state index in [9.17, 15) is 4.79 Å². The van der Waals surface area contributed by atoms with Crippen molar-refractivity contribution in [1.29, 1.82) is 0 Å². The minimum absolute atomic E-state index is 0.0780. The van der Waals surface area contributed by atoms with Gasteiger partial charge in [-0.05, 0) is 93.3 Å². The summed E-state index contributed by atoms with van der Waals surface area (Å²) in [5, 5.41) is 6.65. The molecule has 3 nitrogen and oxygen atoms in total. The van der Waals surface area contributed by atoms with E-state index in [4.69, 9.17) is 6.42 Å². The molecule has 0 aliphatic heterocycles. The third-order valence-corrected chi connectivity index (χ3v) is 6.70. The van der Waals surface area contributed by atoms with Gasteiger partial charge in [-0.1, -0.05) is 99.2 Å². The fourth-order valence-corrected chi connectivity index (χ4v) is 4.09. The van der Waals surface area contributed by atoms with Crippen LogP contribution >= 0.6 is 0 Å². The summed E-state index contributed by atoms with van der Waals surface area (Å²) >= 11 is 0. The van der Waals surface area contributed by atoms with Crippen molar-refractivity contribution in [3.63, 3.8) is 0 Å². The van der Waals surface area contributed by atoms with E-state index < -0.39 is 0 Å². The first kappa shape index (κ1) is 33.4. The molecule has 0 aromatic heterocycles. The summed E-state index contributed by atoms with van der Waals surface area (Å²) in [5.74, 6) is 3.09. The average Bonchev–Trinajstić information content (AvgIpc) is 2.93. The molecule has 0 aliphatic carbocycles. The number of hydrogen-bond donors (Lipinski definition) is 2. The van der Waals surface area contributed by atoms with Crippen LogP contribution in [0, 0.1) is 32.1 Å². The molecule has 0 amide bonds. The van der Waals surface area contributed by atoms with Gasteiger partial charge in [-0.15, -0.1) is 6.42 Å². The maximum atomic E-state index is 11.7. The number of rotatable bonds is 14. The van der Waals surface area contributed by atoms with E-state index in [0.717, 1.165) is 37.1 Å². The molecule has 2 aromatic rings. The number of hydrogen-bond acceptors (Lipinski definition) is 3. The molecule has 39 heavy (non-hydrogen) atoms. The quantitative estimate of drug-likeness (QED) is 0.196. The van der Waals surface area contributed by atoms with E-state index in [1.165, 1.54) is 27.8 Å². The summed E-state index contributed by atoms with van der Waals surface area (Å²) in [6.07, 6.45) is 13.6. The number of allylic oxidation sites excluding steroid dienone is 3. The Morgan fingerprint density at radius 3 is 2.33 bits per heavy atom. The maximum Gasteiger partial charge on any atom is 0.147 e. The molecule has 0 bridgehead atoms. The van der Waals surface area contributed by atoms with Crippen LogP contribution in [0.1, 0.15) is 62.8 Å². The Bertz CT molecular complexity index is 1160. The zero-order valence-corrected chi connectivity index (χ0v) is 24.9. The molecule has 2 rings (SSSR count). The second-order valence-electron chi connectivity index (χ2n) is 10.0. The van der Waals surface area contributed by atoms with Crippen LogP contribution in [0.5, 0.6) is 0 Å². The molecule has 0 aliphatic rings. The van der Waals surface area contributed by atoms with Crippen molar-refractivity contribution in [1.82, 2.24) is 10.6 Å². The third kappa shape index (κ3) is 12.7. The van der Waals surface area contributed by atoms with Crippen LogP contribution in [0.3, 0.4) is 0 Å². The number of carbonyl (C=O) groups is 1. The van der Waals surface area contributed by atoms with Crippen LogP contribution < -0.4 is 10.6 Å². The molecular weight excluding hydrogens is 476 g/mol. The molecule has 3 heteroatoms. The molecule has 0 fully saturated rings. The number of ketones is 1. The summed E-state index contributed by atoms with van der Waals surface area (Å²) < 4.78 is 0. The SMILES string of the molecule is C#C/C=C(\C=C)CNC(=C)C(C)Cc1ccc(C)cc1.C/C=C(/CC(NCCC)C(C)=O)c1ccccc1C. The van der Waals surface area contributed by atoms with Crippen molar-refractivity contribution in [2.75, 3.05) is 13.1 Å². The molecular formula is C36H48N2O. The highest BCUT2D eigenvalue weighted by Crippen LogP contribution is 2.23. The lowest BCUT2D eigenvalue weighted by Crippen LogP contribution is -2.36. The molecule has 0 heterocycles. The van der Waals surface area contributed by atoms with Crippen molar-refractivity contribution in [3.05, 3.63) is 113 Å². The molecule has 208 valence electrons. The lowest BCUT2D eigenvalue weighted by molar-refractivity contribution is -0.118. The highest BCUT2D eigenvalue weighted by atomic mass is 16.1. The first-order valence-electron chi connectivity index (χ1n) is 13.9. The summed E-state index contributed by atoms with van der Waals surface area (Å²) in [7, 11) is 0. The minimum atomic E-state index is -0.0780. The number of carbonyl (C=O) groups excluding carboxylic acids is 1. The van der Waals surface area contributed by atoms with Crippen molar-refractivity contribution in [2.45, 2.75) is 66.8 Å². The van der Waals surface area contributed by atoms with Crippen LogP contribution in [0.25, 0.3) is 5.57 Å². The van der Waals surface area contributed by atoms with Gasteiger partial charge in [0.1, 0.15) is 5.78 Å². The highest BCUT2D eigenvalue weighted by molar-refractivity contribution is 5.84. The molecule has 0 radical (unpaired) electrons. The van der Waals surface area contributed by atoms with Gasteiger partial charge in [0.25, 0.3) is 0 Å². The van der Waals surface area contributed by atoms with Gasteiger partial charge in [-0.2, -0.15) is 0 Å². The van der Waals surface area contributed by atoms with Gasteiger partial charge in [0.05, 0.1) is 6.04 Å². The number of Topliss-reactive ketones (excluding diaryl/α,β-unsaturated/α-hetero) is 1. The van der Waals surface area contributed by atoms with Crippen LogP contribution in [0.2, 0.25) is 0 Å². The first-order chi connectivity index (χ1) is 18.7. The van der Waals surface area contributed by atoms with E-state index in [1.807, 2.05) is 19.1 Å². The van der Waals surface area contributed by atoms with E-state index in [1.54, 1.807) is 19.1 Å². The molecule has 2 unspecified atom stereocenters. The van der Waals surface area contributed by atoms with Gasteiger partial charge in [0, 0.05) is 12.2 Å². The first-order valence-corrected chi connectivity index (χ1v) is 13.9. The lowest BCUT2D eigenvalue weighted by atomic mass is 9.93. The fraction of sp³-hybridized carbons (Fsp3) is 0.361. The van der Waals surface area contributed by atoms with Crippen LogP contribution in [0.4, 0.5) is 0 Å². The van der Waals surface area contributed by atoms with Crippen LogP contribution in [-0.4, -0.2) is 24.9 Å². The normalized spacial score (nSPS) is 12.8. The van der Waals surface area contributed by atoms with Crippen molar-refractivity contribution in [2.24, 2.45) is 5.92 Å². The topological polar surface area (TPSA) is 41.1 Å². The van der Waals surface area contributed by atoms with Crippen molar-refractivity contribution >= 4 is 11.4 Å². The summed E-state index contributed by atoms with van der Waals surface area (Å²) in [4.78, 5) is 11.7. The Morgan fingerprint density at radius 2 is 1.79 bits per heavy atom. The Kier molecular flexibility index (Phi) is 15.9. The molecule has 0 saturated heterocycles. The maximum absolute atomic E-state index is 11.7. The summed E-state index contributed by atoms with van der Waals surface area (Å²) in [6.45, 7) is 21.6. The second-order valence-corrected chi connectivity index (χ2v) is 10.0. The number of terminal acetylenes is 1. The molecule has 0 saturated carbocycles. The van der Waals surface area contributed by atoms with Gasteiger partial charge < -0.3 is 10.6 Å². The van der Waals surface area contributed by atoms with Crippen LogP contribution in [0.15, 0.2) is 91.2 Å².